The summed E-state index contributed by atoms with van der Waals surface area (Å²) < 4.78 is 38.1. The van der Waals surface area contributed by atoms with Crippen molar-refractivity contribution < 1.29 is 18.0 Å². The van der Waals surface area contributed by atoms with E-state index in [0.29, 0.717) is 5.69 Å². The van der Waals surface area contributed by atoms with Gasteiger partial charge in [0.2, 0.25) is 0 Å². The monoisotopic (exact) mass is 467 g/mol. The van der Waals surface area contributed by atoms with Crippen molar-refractivity contribution in [2.75, 3.05) is 10.6 Å². The van der Waals surface area contributed by atoms with Crippen molar-refractivity contribution in [3.8, 4) is 11.1 Å². The number of amides is 2. The maximum atomic E-state index is 12.7. The molecule has 0 bridgehead atoms. The number of halogens is 3. The summed E-state index contributed by atoms with van der Waals surface area (Å²) in [5.74, 6) is 0. The molecule has 0 aliphatic carbocycles. The van der Waals surface area contributed by atoms with Gasteiger partial charge in [-0.2, -0.15) is 13.2 Å². The minimum absolute atomic E-state index is 0.267. The van der Waals surface area contributed by atoms with Gasteiger partial charge in [-0.05, 0) is 47.5 Å². The van der Waals surface area contributed by atoms with Crippen LogP contribution in [-0.2, 0) is 6.18 Å². The van der Waals surface area contributed by atoms with E-state index in [0.717, 1.165) is 34.2 Å². The van der Waals surface area contributed by atoms with Crippen LogP contribution in [0.1, 0.15) is 5.56 Å². The average molecular weight is 468 g/mol. The zero-order valence-electron chi connectivity index (χ0n) is 18.5. The molecule has 0 spiro atoms. The van der Waals surface area contributed by atoms with Crippen molar-refractivity contribution in [3.63, 3.8) is 0 Å². The van der Waals surface area contributed by atoms with Crippen LogP contribution in [0.5, 0.6) is 0 Å². The molecule has 0 aliphatic heterocycles. The molecule has 0 saturated heterocycles. The van der Waals surface area contributed by atoms with Gasteiger partial charge in [0, 0.05) is 22.8 Å². The lowest BCUT2D eigenvalue weighted by molar-refractivity contribution is -0.137. The third kappa shape index (κ3) is 5.11. The maximum Gasteiger partial charge on any atom is 0.416 e. The fourth-order valence-electron chi connectivity index (χ4n) is 3.59. The summed E-state index contributed by atoms with van der Waals surface area (Å²) in [4.78, 5) is 15.6. The molecule has 3 N–H and O–H groups in total. The number of fused-ring (bicyclic) bond motifs is 1. The van der Waals surface area contributed by atoms with Crippen molar-refractivity contribution >= 4 is 41.6 Å². The van der Waals surface area contributed by atoms with Gasteiger partial charge in [-0.1, -0.05) is 55.2 Å². The molecule has 2 amide bonds. The van der Waals surface area contributed by atoms with E-state index < -0.39 is 25.8 Å². The van der Waals surface area contributed by atoms with E-state index in [1.807, 2.05) is 18.2 Å². The quantitative estimate of drug-likeness (QED) is 0.277. The molecule has 4 nitrogen and oxygen atoms in total. The van der Waals surface area contributed by atoms with Crippen LogP contribution in [0.15, 0.2) is 72.9 Å². The highest BCUT2D eigenvalue weighted by Gasteiger charge is 2.30. The summed E-state index contributed by atoms with van der Waals surface area (Å²) in [6.07, 6.45) is -2.73. The van der Waals surface area contributed by atoms with E-state index in [2.05, 4.69) is 59.5 Å². The summed E-state index contributed by atoms with van der Waals surface area (Å²) in [6, 6.07) is 18.3. The first kappa shape index (κ1) is 22.7. The average Bonchev–Trinajstić information content (AvgIpc) is 3.15. The van der Waals surface area contributed by atoms with Gasteiger partial charge in [-0.25, -0.2) is 4.79 Å². The second-order valence-electron chi connectivity index (χ2n) is 8.94. The zero-order valence-corrected chi connectivity index (χ0v) is 19.5. The Morgan fingerprint density at radius 2 is 1.48 bits per heavy atom. The molecule has 0 fully saturated rings. The summed E-state index contributed by atoms with van der Waals surface area (Å²) in [5, 5.41) is 7.55. The largest absolute Gasteiger partial charge is 0.416 e. The smallest absolute Gasteiger partial charge is 0.359 e. The second-order valence-corrected chi connectivity index (χ2v) is 14.0. The summed E-state index contributed by atoms with van der Waals surface area (Å²) in [5.41, 5.74) is 3.05. The molecule has 3 aromatic carbocycles. The van der Waals surface area contributed by atoms with Crippen LogP contribution < -0.4 is 15.8 Å². The number of hydrogen-bond acceptors (Lipinski definition) is 1. The van der Waals surface area contributed by atoms with Crippen LogP contribution in [0.25, 0.3) is 22.0 Å². The van der Waals surface area contributed by atoms with Gasteiger partial charge >= 0.3 is 12.2 Å². The molecule has 4 rings (SSSR count). The number of carbonyl (C=O) groups excluding carboxylic acids is 1. The van der Waals surface area contributed by atoms with Crippen LogP contribution in [-0.4, -0.2) is 19.1 Å². The van der Waals surface area contributed by atoms with Gasteiger partial charge in [-0.15, -0.1) is 0 Å². The van der Waals surface area contributed by atoms with E-state index in [1.54, 1.807) is 6.20 Å². The lowest BCUT2D eigenvalue weighted by Crippen LogP contribution is -2.37. The lowest BCUT2D eigenvalue weighted by atomic mass is 10.0. The number of aromatic amines is 1. The van der Waals surface area contributed by atoms with Crippen molar-refractivity contribution in [2.45, 2.75) is 25.8 Å². The first-order valence-electron chi connectivity index (χ1n) is 10.5. The molecular formula is C25H24F3N3OSi. The molecule has 0 aliphatic rings. The second kappa shape index (κ2) is 8.44. The normalized spacial score (nSPS) is 12.1. The van der Waals surface area contributed by atoms with Gasteiger partial charge in [0.1, 0.15) is 0 Å². The minimum atomic E-state index is -4.42. The van der Waals surface area contributed by atoms with Crippen molar-refractivity contribution in [1.82, 2.24) is 4.98 Å². The lowest BCUT2D eigenvalue weighted by Gasteiger charge is -2.16. The van der Waals surface area contributed by atoms with Gasteiger partial charge in [-0.3, -0.25) is 0 Å². The Hall–Kier alpha value is -3.52. The Morgan fingerprint density at radius 3 is 2.09 bits per heavy atom. The first-order chi connectivity index (χ1) is 15.5. The Labute approximate surface area is 190 Å². The number of rotatable bonds is 4. The standard InChI is InChI=1S/C25H24F3N3OSi/c1-33(2,3)20-11-4-16(5-12-20)17-6-13-22-21(14-17)23(15-29-22)31-24(32)30-19-9-7-18(8-10-19)25(26,27)28/h4-15,29H,1-3H3,(H2,30,31,32). The number of benzene rings is 3. The fourth-order valence-corrected chi connectivity index (χ4v) is 4.76. The molecule has 0 atom stereocenters. The van der Waals surface area contributed by atoms with Gasteiger partial charge in [0.15, 0.2) is 0 Å². The van der Waals surface area contributed by atoms with Gasteiger partial charge < -0.3 is 15.6 Å². The van der Waals surface area contributed by atoms with E-state index >= 15 is 0 Å². The highest BCUT2D eigenvalue weighted by molar-refractivity contribution is 6.88. The van der Waals surface area contributed by atoms with Crippen molar-refractivity contribution in [3.05, 3.63) is 78.5 Å². The van der Waals surface area contributed by atoms with Gasteiger partial charge in [0.25, 0.3) is 0 Å². The fraction of sp³-hybridized carbons (Fsp3) is 0.160. The number of hydrogen-bond donors (Lipinski definition) is 3. The predicted molar refractivity (Wildman–Crippen MR) is 131 cm³/mol. The predicted octanol–water partition coefficient (Wildman–Crippen LogP) is 7.04. The number of urea groups is 1. The molecule has 170 valence electrons. The summed E-state index contributed by atoms with van der Waals surface area (Å²) in [6.45, 7) is 6.92. The third-order valence-corrected chi connectivity index (χ3v) is 7.55. The van der Waals surface area contributed by atoms with E-state index in [9.17, 15) is 18.0 Å². The number of H-pyrrole nitrogens is 1. The Morgan fingerprint density at radius 1 is 0.848 bits per heavy atom. The van der Waals surface area contributed by atoms with Crippen LogP contribution >= 0.6 is 0 Å². The van der Waals surface area contributed by atoms with Crippen LogP contribution in [0.4, 0.5) is 29.3 Å². The summed E-state index contributed by atoms with van der Waals surface area (Å²) in [7, 11) is -1.38. The number of aromatic nitrogens is 1. The van der Waals surface area contributed by atoms with Crippen LogP contribution in [0.3, 0.4) is 0 Å². The Bertz CT molecular complexity index is 1290. The molecular weight excluding hydrogens is 443 g/mol. The molecule has 0 unspecified atom stereocenters. The highest BCUT2D eigenvalue weighted by Crippen LogP contribution is 2.31. The zero-order chi connectivity index (χ0) is 23.8. The number of carbonyl (C=O) groups is 1. The summed E-state index contributed by atoms with van der Waals surface area (Å²) >= 11 is 0. The molecule has 4 aromatic rings. The molecule has 33 heavy (non-hydrogen) atoms. The van der Waals surface area contributed by atoms with E-state index in [4.69, 9.17) is 0 Å². The Balaban J connectivity index is 1.52. The number of nitrogens with one attached hydrogen (secondary N) is 3. The van der Waals surface area contributed by atoms with Crippen LogP contribution in [0.2, 0.25) is 19.6 Å². The van der Waals surface area contributed by atoms with Crippen molar-refractivity contribution in [1.29, 1.82) is 0 Å². The van der Waals surface area contributed by atoms with Crippen molar-refractivity contribution in [2.24, 2.45) is 0 Å². The highest BCUT2D eigenvalue weighted by atomic mass is 28.3. The number of alkyl halides is 3. The molecule has 0 saturated carbocycles. The van der Waals surface area contributed by atoms with Crippen LogP contribution in [0, 0.1) is 0 Å². The Kier molecular flexibility index (Phi) is 5.79. The maximum absolute atomic E-state index is 12.7. The third-order valence-electron chi connectivity index (χ3n) is 5.48. The SMILES string of the molecule is C[Si](C)(C)c1ccc(-c2ccc3[nH]cc(NC(=O)Nc4ccc(C(F)(F)F)cc4)c3c2)cc1. The first-order valence-corrected chi connectivity index (χ1v) is 14.0. The molecule has 1 aromatic heterocycles. The molecule has 1 heterocycles. The van der Waals surface area contributed by atoms with Gasteiger partial charge in [0.05, 0.1) is 19.3 Å². The minimum Gasteiger partial charge on any atom is -0.359 e. The number of anilines is 2. The van der Waals surface area contributed by atoms with E-state index in [-0.39, 0.29) is 5.69 Å². The molecule has 0 radical (unpaired) electrons. The van der Waals surface area contributed by atoms with E-state index in [1.165, 1.54) is 17.3 Å². The topological polar surface area (TPSA) is 56.9 Å². The molecule has 8 heteroatoms.